The maximum Gasteiger partial charge on any atom is 0.230 e. The van der Waals surface area contributed by atoms with E-state index in [-0.39, 0.29) is 0 Å². The highest BCUT2D eigenvalue weighted by molar-refractivity contribution is 5.49. The summed E-state index contributed by atoms with van der Waals surface area (Å²) >= 11 is 0. The van der Waals surface area contributed by atoms with Crippen LogP contribution in [-0.4, -0.2) is 21.3 Å². The molecule has 5 nitrogen and oxygen atoms in total. The van der Waals surface area contributed by atoms with E-state index in [1.807, 2.05) is 22.9 Å². The average molecular weight is 218 g/mol. The topological polar surface area (TPSA) is 69.9 Å². The van der Waals surface area contributed by atoms with E-state index in [2.05, 4.69) is 10.1 Å². The Balaban J connectivity index is 1.91. The van der Waals surface area contributed by atoms with Crippen molar-refractivity contribution >= 4 is 0 Å². The molecule has 1 fully saturated rings. The van der Waals surface area contributed by atoms with Gasteiger partial charge in [0.15, 0.2) is 0 Å². The van der Waals surface area contributed by atoms with Crippen LogP contribution in [-0.2, 0) is 6.54 Å². The van der Waals surface area contributed by atoms with Crippen molar-refractivity contribution in [1.29, 1.82) is 0 Å². The minimum atomic E-state index is 0.499. The van der Waals surface area contributed by atoms with Crippen molar-refractivity contribution in [2.45, 2.75) is 25.3 Å². The second-order valence-electron chi connectivity index (χ2n) is 4.11. The molecule has 2 aromatic rings. The van der Waals surface area contributed by atoms with Gasteiger partial charge in [-0.1, -0.05) is 5.16 Å². The van der Waals surface area contributed by atoms with Gasteiger partial charge in [0.2, 0.25) is 11.7 Å². The lowest BCUT2D eigenvalue weighted by Crippen LogP contribution is -2.10. The van der Waals surface area contributed by atoms with Crippen LogP contribution in [0.2, 0.25) is 0 Å². The van der Waals surface area contributed by atoms with E-state index in [1.54, 1.807) is 0 Å². The van der Waals surface area contributed by atoms with Crippen LogP contribution in [0.25, 0.3) is 11.5 Å². The maximum absolute atomic E-state index is 5.55. The van der Waals surface area contributed by atoms with Crippen LogP contribution < -0.4 is 5.73 Å². The molecule has 0 bridgehead atoms. The summed E-state index contributed by atoms with van der Waals surface area (Å²) in [4.78, 5) is 4.42. The second-order valence-corrected chi connectivity index (χ2v) is 4.11. The van der Waals surface area contributed by atoms with Crippen LogP contribution >= 0.6 is 0 Å². The lowest BCUT2D eigenvalue weighted by Gasteiger charge is -2.02. The van der Waals surface area contributed by atoms with E-state index in [4.69, 9.17) is 10.3 Å². The van der Waals surface area contributed by atoms with Gasteiger partial charge in [-0.25, -0.2) is 0 Å². The third kappa shape index (κ3) is 1.63. The van der Waals surface area contributed by atoms with Gasteiger partial charge in [0, 0.05) is 25.2 Å². The molecule has 3 rings (SSSR count). The largest absolute Gasteiger partial charge is 0.344 e. The Labute approximate surface area is 93.3 Å². The Morgan fingerprint density at radius 2 is 2.38 bits per heavy atom. The highest BCUT2D eigenvalue weighted by Crippen LogP contribution is 2.39. The van der Waals surface area contributed by atoms with Gasteiger partial charge in [0.25, 0.3) is 0 Å². The smallest absolute Gasteiger partial charge is 0.230 e. The van der Waals surface area contributed by atoms with E-state index in [0.29, 0.717) is 18.3 Å². The van der Waals surface area contributed by atoms with Gasteiger partial charge in [0.1, 0.15) is 0 Å². The molecule has 16 heavy (non-hydrogen) atoms. The van der Waals surface area contributed by atoms with E-state index < -0.39 is 0 Å². The lowest BCUT2D eigenvalue weighted by atomic mass is 10.4. The van der Waals surface area contributed by atoms with E-state index in [1.165, 1.54) is 12.8 Å². The highest BCUT2D eigenvalue weighted by atomic mass is 16.5. The van der Waals surface area contributed by atoms with Crippen LogP contribution in [0.4, 0.5) is 0 Å². The average Bonchev–Trinajstić information content (AvgIpc) is 2.85. The minimum absolute atomic E-state index is 0.499. The van der Waals surface area contributed by atoms with Crippen molar-refractivity contribution < 1.29 is 4.52 Å². The second kappa shape index (κ2) is 3.75. The molecule has 0 unspecified atom stereocenters. The quantitative estimate of drug-likeness (QED) is 0.841. The fourth-order valence-corrected chi connectivity index (χ4v) is 1.79. The van der Waals surface area contributed by atoms with Gasteiger partial charge in [-0.3, -0.25) is 0 Å². The molecule has 1 aliphatic rings. The Morgan fingerprint density at radius 1 is 1.50 bits per heavy atom. The van der Waals surface area contributed by atoms with Gasteiger partial charge in [-0.05, 0) is 25.0 Å². The highest BCUT2D eigenvalue weighted by Gasteiger charge is 2.30. The Hall–Kier alpha value is -1.62. The first-order valence-corrected chi connectivity index (χ1v) is 5.57. The molecule has 0 atom stereocenters. The first kappa shape index (κ1) is 9.59. The van der Waals surface area contributed by atoms with Crippen LogP contribution in [0.1, 0.15) is 24.7 Å². The van der Waals surface area contributed by atoms with Crippen molar-refractivity contribution in [3.8, 4) is 11.5 Å². The molecule has 5 heteroatoms. The molecule has 0 amide bonds. The summed E-state index contributed by atoms with van der Waals surface area (Å²) in [7, 11) is 0. The van der Waals surface area contributed by atoms with Crippen LogP contribution in [0, 0.1) is 0 Å². The summed E-state index contributed by atoms with van der Waals surface area (Å²) in [5.41, 5.74) is 6.52. The summed E-state index contributed by atoms with van der Waals surface area (Å²) < 4.78 is 7.28. The van der Waals surface area contributed by atoms with Crippen molar-refractivity contribution in [2.75, 3.05) is 6.54 Å². The van der Waals surface area contributed by atoms with Crippen LogP contribution in [0.5, 0.6) is 0 Å². The predicted octanol–water partition coefficient (Wildman–Crippen LogP) is 1.37. The number of nitrogens with zero attached hydrogens (tertiary/aromatic N) is 3. The van der Waals surface area contributed by atoms with Crippen LogP contribution in [0.15, 0.2) is 22.9 Å². The molecule has 1 aliphatic carbocycles. The molecule has 0 spiro atoms. The minimum Gasteiger partial charge on any atom is -0.344 e. The van der Waals surface area contributed by atoms with Gasteiger partial charge >= 0.3 is 0 Å². The monoisotopic (exact) mass is 218 g/mol. The lowest BCUT2D eigenvalue weighted by molar-refractivity contribution is 0.379. The number of nitrogens with two attached hydrogens (primary N) is 1. The van der Waals surface area contributed by atoms with Crippen molar-refractivity contribution in [2.24, 2.45) is 5.73 Å². The molecule has 84 valence electrons. The zero-order valence-electron chi connectivity index (χ0n) is 8.97. The Morgan fingerprint density at radius 3 is 3.12 bits per heavy atom. The first-order chi connectivity index (χ1) is 7.88. The molecule has 0 aliphatic heterocycles. The summed E-state index contributed by atoms with van der Waals surface area (Å²) in [5.74, 6) is 1.94. The SMILES string of the molecule is NCCn1cccc1-c1noc(C2CC2)n1. The molecular weight excluding hydrogens is 204 g/mol. The number of hydrogen-bond acceptors (Lipinski definition) is 4. The van der Waals surface area contributed by atoms with Gasteiger partial charge in [0.05, 0.1) is 5.69 Å². The fourth-order valence-electron chi connectivity index (χ4n) is 1.79. The third-order valence-corrected chi connectivity index (χ3v) is 2.80. The van der Waals surface area contributed by atoms with Crippen molar-refractivity contribution in [1.82, 2.24) is 14.7 Å². The molecule has 2 N–H and O–H groups in total. The van der Waals surface area contributed by atoms with Gasteiger partial charge in [-0.2, -0.15) is 4.98 Å². The number of aromatic nitrogens is 3. The molecule has 2 aromatic heterocycles. The maximum atomic E-state index is 5.55. The van der Waals surface area contributed by atoms with Crippen LogP contribution in [0.3, 0.4) is 0 Å². The third-order valence-electron chi connectivity index (χ3n) is 2.80. The van der Waals surface area contributed by atoms with E-state index in [9.17, 15) is 0 Å². The molecule has 0 aromatic carbocycles. The van der Waals surface area contributed by atoms with Crippen molar-refractivity contribution in [3.05, 3.63) is 24.2 Å². The van der Waals surface area contributed by atoms with Gasteiger partial charge < -0.3 is 14.8 Å². The number of rotatable bonds is 4. The molecule has 0 radical (unpaired) electrons. The van der Waals surface area contributed by atoms with Crippen molar-refractivity contribution in [3.63, 3.8) is 0 Å². The van der Waals surface area contributed by atoms with E-state index >= 15 is 0 Å². The zero-order chi connectivity index (χ0) is 11.0. The molecular formula is C11H14N4O. The summed E-state index contributed by atoms with van der Waals surface area (Å²) in [6.45, 7) is 1.38. The zero-order valence-corrected chi connectivity index (χ0v) is 8.97. The summed E-state index contributed by atoms with van der Waals surface area (Å²) in [5, 5.41) is 4.02. The standard InChI is InChI=1S/C11H14N4O/c12-5-7-15-6-1-2-9(15)10-13-11(16-14-10)8-3-4-8/h1-2,6,8H,3-5,7,12H2. The molecule has 2 heterocycles. The summed E-state index contributed by atoms with van der Waals surface area (Å²) in [6, 6.07) is 3.95. The Kier molecular flexibility index (Phi) is 2.25. The molecule has 0 saturated heterocycles. The molecule has 1 saturated carbocycles. The Bertz CT molecular complexity index is 484. The number of hydrogen-bond donors (Lipinski definition) is 1. The van der Waals surface area contributed by atoms with Gasteiger partial charge in [-0.15, -0.1) is 0 Å². The first-order valence-electron chi connectivity index (χ1n) is 5.57. The summed E-state index contributed by atoms with van der Waals surface area (Å²) in [6.07, 6.45) is 4.33. The van der Waals surface area contributed by atoms with E-state index in [0.717, 1.165) is 18.1 Å². The normalized spacial score (nSPS) is 15.6. The predicted molar refractivity (Wildman–Crippen MR) is 58.8 cm³/mol. The fraction of sp³-hybridized carbons (Fsp3) is 0.455.